The molecular formula is C11H19N3O4. The van der Waals surface area contributed by atoms with Gasteiger partial charge in [0.05, 0.1) is 0 Å². The summed E-state index contributed by atoms with van der Waals surface area (Å²) < 4.78 is 0. The Morgan fingerprint density at radius 3 is 2.67 bits per heavy atom. The van der Waals surface area contributed by atoms with Gasteiger partial charge in [-0.25, -0.2) is 9.59 Å². The number of carbonyl (C=O) groups is 3. The highest BCUT2D eigenvalue weighted by Gasteiger charge is 2.33. The molecule has 0 spiro atoms. The van der Waals surface area contributed by atoms with Crippen molar-refractivity contribution in [2.45, 2.75) is 44.7 Å². The van der Waals surface area contributed by atoms with Crippen molar-refractivity contribution in [1.29, 1.82) is 0 Å². The molecule has 1 fully saturated rings. The molecule has 0 bridgehead atoms. The van der Waals surface area contributed by atoms with E-state index < -0.39 is 17.5 Å². The molecule has 0 aromatic rings. The van der Waals surface area contributed by atoms with Crippen molar-refractivity contribution in [3.05, 3.63) is 0 Å². The topological polar surface area (TPSA) is 108 Å². The zero-order chi connectivity index (χ0) is 13.8. The number of carbonyl (C=O) groups excluding carboxylic acids is 2. The van der Waals surface area contributed by atoms with Gasteiger partial charge in [-0.05, 0) is 19.8 Å². The van der Waals surface area contributed by atoms with Gasteiger partial charge < -0.3 is 21.1 Å². The molecule has 0 saturated carbocycles. The Kier molecular flexibility index (Phi) is 4.52. The lowest BCUT2D eigenvalue weighted by Gasteiger charge is -2.25. The first-order valence-corrected chi connectivity index (χ1v) is 5.96. The van der Waals surface area contributed by atoms with E-state index in [1.807, 2.05) is 0 Å². The van der Waals surface area contributed by atoms with E-state index in [1.54, 1.807) is 6.92 Å². The summed E-state index contributed by atoms with van der Waals surface area (Å²) in [5.41, 5.74) is -1.27. The highest BCUT2D eigenvalue weighted by molar-refractivity contribution is 5.85. The number of carboxylic acid groups (broad SMARTS) is 1. The minimum atomic E-state index is -1.27. The molecule has 102 valence electrons. The third-order valence-electron chi connectivity index (χ3n) is 3.16. The van der Waals surface area contributed by atoms with Crippen LogP contribution in [0.4, 0.5) is 4.79 Å². The summed E-state index contributed by atoms with van der Waals surface area (Å²) in [5.74, 6) is -1.10. The summed E-state index contributed by atoms with van der Waals surface area (Å²) >= 11 is 0. The molecule has 7 nitrogen and oxygen atoms in total. The van der Waals surface area contributed by atoms with Gasteiger partial charge in [-0.1, -0.05) is 6.92 Å². The number of hydrogen-bond acceptors (Lipinski definition) is 3. The molecule has 0 aromatic carbocycles. The van der Waals surface area contributed by atoms with E-state index in [1.165, 1.54) is 6.92 Å². The first-order valence-electron chi connectivity index (χ1n) is 5.96. The first-order chi connectivity index (χ1) is 8.37. The Bertz CT molecular complexity index is 358. The molecule has 7 heteroatoms. The average Bonchev–Trinajstić information content (AvgIpc) is 2.72. The fourth-order valence-corrected chi connectivity index (χ4v) is 1.63. The summed E-state index contributed by atoms with van der Waals surface area (Å²) in [5, 5.41) is 16.7. The number of amides is 3. The zero-order valence-corrected chi connectivity index (χ0v) is 10.6. The minimum Gasteiger partial charge on any atom is -0.480 e. The van der Waals surface area contributed by atoms with Crippen LogP contribution in [0.1, 0.15) is 33.1 Å². The van der Waals surface area contributed by atoms with Gasteiger partial charge in [-0.3, -0.25) is 4.79 Å². The van der Waals surface area contributed by atoms with Crippen LogP contribution in [0.5, 0.6) is 0 Å². The molecule has 2 unspecified atom stereocenters. The van der Waals surface area contributed by atoms with Gasteiger partial charge in [0.2, 0.25) is 5.91 Å². The monoisotopic (exact) mass is 257 g/mol. The van der Waals surface area contributed by atoms with Gasteiger partial charge in [0.1, 0.15) is 5.54 Å². The Morgan fingerprint density at radius 1 is 1.56 bits per heavy atom. The SMILES string of the molecule is CCC(C)(NC(=O)NCC1CCC(=O)N1)C(=O)O. The highest BCUT2D eigenvalue weighted by Crippen LogP contribution is 2.09. The summed E-state index contributed by atoms with van der Waals surface area (Å²) in [6, 6.07) is -0.608. The Morgan fingerprint density at radius 2 is 2.22 bits per heavy atom. The molecule has 18 heavy (non-hydrogen) atoms. The summed E-state index contributed by atoms with van der Waals surface area (Å²) in [4.78, 5) is 33.5. The third-order valence-corrected chi connectivity index (χ3v) is 3.16. The third kappa shape index (κ3) is 3.61. The van der Waals surface area contributed by atoms with E-state index >= 15 is 0 Å². The van der Waals surface area contributed by atoms with Crippen molar-refractivity contribution in [1.82, 2.24) is 16.0 Å². The lowest BCUT2D eigenvalue weighted by atomic mass is 10.00. The number of carboxylic acids is 1. The van der Waals surface area contributed by atoms with E-state index in [0.717, 1.165) is 0 Å². The van der Waals surface area contributed by atoms with Crippen molar-refractivity contribution in [3.8, 4) is 0 Å². The molecule has 0 aromatic heterocycles. The molecule has 3 amide bonds. The van der Waals surface area contributed by atoms with Gasteiger partial charge in [-0.15, -0.1) is 0 Å². The molecule has 0 aliphatic carbocycles. The van der Waals surface area contributed by atoms with Crippen molar-refractivity contribution in [3.63, 3.8) is 0 Å². The van der Waals surface area contributed by atoms with Crippen molar-refractivity contribution in [2.75, 3.05) is 6.54 Å². The standard InChI is InChI=1S/C11H19N3O4/c1-3-11(2,9(16)17)14-10(18)12-6-7-4-5-8(15)13-7/h7H,3-6H2,1-2H3,(H,13,15)(H,16,17)(H2,12,14,18). The van der Waals surface area contributed by atoms with Crippen molar-refractivity contribution >= 4 is 17.9 Å². The Hall–Kier alpha value is -1.79. The van der Waals surface area contributed by atoms with Crippen molar-refractivity contribution in [2.24, 2.45) is 0 Å². The summed E-state index contributed by atoms with van der Waals surface area (Å²) in [6.45, 7) is 3.44. The van der Waals surface area contributed by atoms with Crippen LogP contribution < -0.4 is 16.0 Å². The van der Waals surface area contributed by atoms with Gasteiger partial charge >= 0.3 is 12.0 Å². The van der Waals surface area contributed by atoms with Crippen LogP contribution in [0.3, 0.4) is 0 Å². The molecule has 0 radical (unpaired) electrons. The lowest BCUT2D eigenvalue weighted by molar-refractivity contribution is -0.143. The molecule has 1 rings (SSSR count). The molecule has 4 N–H and O–H groups in total. The van der Waals surface area contributed by atoms with Crippen LogP contribution in [0, 0.1) is 0 Å². The van der Waals surface area contributed by atoms with Crippen LogP contribution in [0.15, 0.2) is 0 Å². The Labute approximate surface area is 105 Å². The van der Waals surface area contributed by atoms with E-state index in [0.29, 0.717) is 19.4 Å². The summed E-state index contributed by atoms with van der Waals surface area (Å²) in [6.07, 6.45) is 1.44. The van der Waals surface area contributed by atoms with E-state index in [9.17, 15) is 14.4 Å². The number of nitrogens with one attached hydrogen (secondary N) is 3. The number of hydrogen-bond donors (Lipinski definition) is 4. The van der Waals surface area contributed by atoms with Crippen LogP contribution >= 0.6 is 0 Å². The summed E-state index contributed by atoms with van der Waals surface area (Å²) in [7, 11) is 0. The maximum Gasteiger partial charge on any atom is 0.329 e. The van der Waals surface area contributed by atoms with Crippen molar-refractivity contribution < 1.29 is 19.5 Å². The van der Waals surface area contributed by atoms with Crippen LogP contribution in [-0.2, 0) is 9.59 Å². The highest BCUT2D eigenvalue weighted by atomic mass is 16.4. The molecule has 1 heterocycles. The zero-order valence-electron chi connectivity index (χ0n) is 10.6. The largest absolute Gasteiger partial charge is 0.480 e. The second kappa shape index (κ2) is 5.70. The maximum absolute atomic E-state index is 11.6. The number of urea groups is 1. The van der Waals surface area contributed by atoms with Gasteiger partial charge in [0.15, 0.2) is 0 Å². The normalized spacial score (nSPS) is 21.9. The van der Waals surface area contributed by atoms with Crippen LogP contribution in [0.25, 0.3) is 0 Å². The predicted octanol–water partition coefficient (Wildman–Crippen LogP) is -0.182. The second-order valence-corrected chi connectivity index (χ2v) is 4.63. The van der Waals surface area contributed by atoms with E-state index in [4.69, 9.17) is 5.11 Å². The molecular weight excluding hydrogens is 238 g/mol. The second-order valence-electron chi connectivity index (χ2n) is 4.63. The lowest BCUT2D eigenvalue weighted by Crippen LogP contribution is -2.55. The molecule has 1 aliphatic heterocycles. The molecule has 1 aliphatic rings. The fourth-order valence-electron chi connectivity index (χ4n) is 1.63. The first kappa shape index (κ1) is 14.3. The molecule has 2 atom stereocenters. The molecule has 1 saturated heterocycles. The smallest absolute Gasteiger partial charge is 0.329 e. The quantitative estimate of drug-likeness (QED) is 0.548. The number of rotatable bonds is 5. The van der Waals surface area contributed by atoms with Gasteiger partial charge in [-0.2, -0.15) is 0 Å². The van der Waals surface area contributed by atoms with E-state index in [-0.39, 0.29) is 18.4 Å². The van der Waals surface area contributed by atoms with Gasteiger partial charge in [0.25, 0.3) is 0 Å². The van der Waals surface area contributed by atoms with Crippen LogP contribution in [-0.4, -0.2) is 41.1 Å². The van der Waals surface area contributed by atoms with Gasteiger partial charge in [0, 0.05) is 19.0 Å². The predicted molar refractivity (Wildman–Crippen MR) is 64.0 cm³/mol. The average molecular weight is 257 g/mol. The minimum absolute atomic E-state index is 0.0221. The number of aliphatic carboxylic acids is 1. The maximum atomic E-state index is 11.6. The van der Waals surface area contributed by atoms with Crippen LogP contribution in [0.2, 0.25) is 0 Å². The Balaban J connectivity index is 2.37. The van der Waals surface area contributed by atoms with E-state index in [2.05, 4.69) is 16.0 Å². The fraction of sp³-hybridized carbons (Fsp3) is 0.727.